The summed E-state index contributed by atoms with van der Waals surface area (Å²) in [5.41, 5.74) is 3.16. The van der Waals surface area contributed by atoms with Crippen LogP contribution in [0.5, 0.6) is 0 Å². The molecule has 0 saturated carbocycles. The van der Waals surface area contributed by atoms with Crippen molar-refractivity contribution in [2.45, 2.75) is 46.9 Å². The van der Waals surface area contributed by atoms with Crippen molar-refractivity contribution in [3.8, 4) is 0 Å². The van der Waals surface area contributed by atoms with Gasteiger partial charge >= 0.3 is 29.6 Å². The molecular formula is C24H35BNaO6. The minimum Gasteiger partial charge on any atom is -1.00 e. The van der Waals surface area contributed by atoms with E-state index in [-0.39, 0.29) is 52.3 Å². The molecule has 0 bridgehead atoms. The molecule has 2 aromatic rings. The number of hydrogen-bond acceptors (Lipinski definition) is 6. The second-order valence-corrected chi connectivity index (χ2v) is 6.09. The third-order valence-electron chi connectivity index (χ3n) is 4.13. The van der Waals surface area contributed by atoms with Gasteiger partial charge in [0.2, 0.25) is 0 Å². The fourth-order valence-electron chi connectivity index (χ4n) is 2.80. The number of hydrogen-bond donors (Lipinski definition) is 1. The molecule has 32 heavy (non-hydrogen) atoms. The van der Waals surface area contributed by atoms with Crippen molar-refractivity contribution in [3.05, 3.63) is 70.8 Å². The number of carbonyl (C=O) groups excluding carboxylic acids is 1. The molecule has 0 amide bonds. The summed E-state index contributed by atoms with van der Waals surface area (Å²) in [6.45, 7) is 9.93. The minimum atomic E-state index is -0.443. The van der Waals surface area contributed by atoms with Crippen molar-refractivity contribution in [1.82, 2.24) is 0 Å². The molecule has 171 valence electrons. The van der Waals surface area contributed by atoms with Gasteiger partial charge in [0.15, 0.2) is 18.9 Å². The molecule has 0 spiro atoms. The smallest absolute Gasteiger partial charge is 1.00 e. The maximum absolute atomic E-state index is 10.8. The van der Waals surface area contributed by atoms with E-state index in [1.54, 1.807) is 6.07 Å². The van der Waals surface area contributed by atoms with Crippen LogP contribution in [0.1, 0.15) is 68.7 Å². The predicted molar refractivity (Wildman–Crippen MR) is 123 cm³/mol. The standard InChI is InChI=1S/C12H18O3.C12H16O3.B.Na.H/c2*1-3-14-12(15-4-2)11-8-6-5-7-10(11)9-13;;;/h5-8,12-13H,3-4,9H2,1-2H3;5-9,12H,3-4H2,1-2H3;;;/q;;;+1;-1. The average molecular weight is 453 g/mol. The normalized spacial score (nSPS) is 10.1. The maximum atomic E-state index is 10.8. The van der Waals surface area contributed by atoms with Crippen molar-refractivity contribution in [1.29, 1.82) is 0 Å². The summed E-state index contributed by atoms with van der Waals surface area (Å²) in [5, 5.41) is 9.19. The summed E-state index contributed by atoms with van der Waals surface area (Å²) in [5.74, 6) is 0. The van der Waals surface area contributed by atoms with E-state index in [2.05, 4.69) is 0 Å². The molecule has 8 heteroatoms. The number of benzene rings is 2. The predicted octanol–water partition coefficient (Wildman–Crippen LogP) is 1.56. The van der Waals surface area contributed by atoms with Gasteiger partial charge in [-0.3, -0.25) is 4.79 Å². The first-order valence-corrected chi connectivity index (χ1v) is 10.4. The zero-order valence-corrected chi connectivity index (χ0v) is 22.0. The second kappa shape index (κ2) is 20.6. The molecule has 6 nitrogen and oxygen atoms in total. The van der Waals surface area contributed by atoms with Gasteiger partial charge in [0.25, 0.3) is 0 Å². The Balaban J connectivity index is -0.000000500. The van der Waals surface area contributed by atoms with E-state index in [1.807, 2.05) is 70.2 Å². The second-order valence-electron chi connectivity index (χ2n) is 6.09. The van der Waals surface area contributed by atoms with E-state index in [9.17, 15) is 9.90 Å². The molecule has 0 atom stereocenters. The van der Waals surface area contributed by atoms with E-state index in [1.165, 1.54) is 0 Å². The molecular weight excluding hydrogens is 418 g/mol. The van der Waals surface area contributed by atoms with Crippen LogP contribution >= 0.6 is 0 Å². The molecule has 0 fully saturated rings. The van der Waals surface area contributed by atoms with Crippen LogP contribution < -0.4 is 29.6 Å². The van der Waals surface area contributed by atoms with Gasteiger partial charge in [-0.1, -0.05) is 48.5 Å². The van der Waals surface area contributed by atoms with Gasteiger partial charge in [-0.05, 0) is 33.3 Å². The molecule has 0 aliphatic heterocycles. The zero-order chi connectivity index (χ0) is 22.2. The molecule has 0 aromatic heterocycles. The summed E-state index contributed by atoms with van der Waals surface area (Å²) in [4.78, 5) is 10.8. The van der Waals surface area contributed by atoms with Crippen LogP contribution in [0, 0.1) is 0 Å². The Hall–Kier alpha value is -1.03. The van der Waals surface area contributed by atoms with Gasteiger partial charge < -0.3 is 25.5 Å². The number of rotatable bonds is 12. The van der Waals surface area contributed by atoms with Gasteiger partial charge in [-0.15, -0.1) is 0 Å². The topological polar surface area (TPSA) is 74.2 Å². The Bertz CT molecular complexity index is 726. The summed E-state index contributed by atoms with van der Waals surface area (Å²) in [6, 6.07) is 14.9. The van der Waals surface area contributed by atoms with Crippen LogP contribution in [-0.2, 0) is 25.6 Å². The Morgan fingerprint density at radius 3 is 1.62 bits per heavy atom. The maximum Gasteiger partial charge on any atom is 1.00 e. The van der Waals surface area contributed by atoms with Crippen molar-refractivity contribution in [2.24, 2.45) is 0 Å². The monoisotopic (exact) mass is 453 g/mol. The van der Waals surface area contributed by atoms with E-state index >= 15 is 0 Å². The van der Waals surface area contributed by atoms with Crippen LogP contribution in [0.3, 0.4) is 0 Å². The third kappa shape index (κ3) is 11.2. The van der Waals surface area contributed by atoms with Crippen molar-refractivity contribution in [3.63, 3.8) is 0 Å². The van der Waals surface area contributed by atoms with Crippen LogP contribution in [0.4, 0.5) is 0 Å². The Kier molecular flexibility index (Phi) is 21.3. The summed E-state index contributed by atoms with van der Waals surface area (Å²) < 4.78 is 21.8. The molecule has 0 heterocycles. The Labute approximate surface area is 218 Å². The number of carbonyl (C=O) groups is 1. The quantitative estimate of drug-likeness (QED) is 0.299. The fourth-order valence-corrected chi connectivity index (χ4v) is 2.80. The largest absolute Gasteiger partial charge is 1.00 e. The van der Waals surface area contributed by atoms with Gasteiger partial charge in [0.05, 0.1) is 6.61 Å². The first kappa shape index (κ1) is 33.1. The van der Waals surface area contributed by atoms with Crippen LogP contribution in [0.25, 0.3) is 0 Å². The molecule has 0 unspecified atom stereocenters. The first-order valence-electron chi connectivity index (χ1n) is 10.4. The molecule has 3 radical (unpaired) electrons. The van der Waals surface area contributed by atoms with Gasteiger partial charge in [0, 0.05) is 51.5 Å². The van der Waals surface area contributed by atoms with Gasteiger partial charge in [0.1, 0.15) is 0 Å². The fraction of sp³-hybridized carbons (Fsp3) is 0.458. The number of ether oxygens (including phenoxy) is 4. The first-order chi connectivity index (χ1) is 14.7. The molecule has 0 aliphatic carbocycles. The Morgan fingerprint density at radius 2 is 1.19 bits per heavy atom. The molecule has 2 rings (SSSR count). The summed E-state index contributed by atoms with van der Waals surface area (Å²) >= 11 is 0. The van der Waals surface area contributed by atoms with Gasteiger partial charge in [-0.2, -0.15) is 0 Å². The third-order valence-corrected chi connectivity index (χ3v) is 4.13. The number of aldehydes is 1. The molecule has 0 aliphatic rings. The number of aliphatic hydroxyl groups is 1. The van der Waals surface area contributed by atoms with E-state index in [0.717, 1.165) is 23.0 Å². The number of aliphatic hydroxyl groups excluding tert-OH is 1. The Morgan fingerprint density at radius 1 is 0.781 bits per heavy atom. The van der Waals surface area contributed by atoms with E-state index in [0.29, 0.717) is 32.0 Å². The summed E-state index contributed by atoms with van der Waals surface area (Å²) in [6.07, 6.45) is 0.00477. The van der Waals surface area contributed by atoms with Gasteiger partial charge in [-0.25, -0.2) is 0 Å². The van der Waals surface area contributed by atoms with Crippen LogP contribution in [-0.4, -0.2) is 46.2 Å². The van der Waals surface area contributed by atoms with E-state index < -0.39 is 6.29 Å². The van der Waals surface area contributed by atoms with Crippen LogP contribution in [0.15, 0.2) is 48.5 Å². The molecule has 1 N–H and O–H groups in total. The minimum absolute atomic E-state index is 0. The SMILES string of the molecule is CCOC(OCC)c1ccccc1C=O.CCOC(OCC)c1ccccc1CO.[B].[H-].[Na+]. The van der Waals surface area contributed by atoms with E-state index in [4.69, 9.17) is 18.9 Å². The summed E-state index contributed by atoms with van der Waals surface area (Å²) in [7, 11) is 0. The average Bonchev–Trinajstić information content (AvgIpc) is 2.79. The molecule has 2 aromatic carbocycles. The van der Waals surface area contributed by atoms with Crippen molar-refractivity contribution < 1.29 is 59.8 Å². The van der Waals surface area contributed by atoms with Crippen molar-refractivity contribution >= 4 is 14.7 Å². The molecule has 0 saturated heterocycles. The zero-order valence-electron chi connectivity index (χ0n) is 21.0. The van der Waals surface area contributed by atoms with Crippen LogP contribution in [0.2, 0.25) is 0 Å². The van der Waals surface area contributed by atoms with Crippen molar-refractivity contribution in [2.75, 3.05) is 26.4 Å².